The quantitative estimate of drug-likeness (QED) is 0.376. The summed E-state index contributed by atoms with van der Waals surface area (Å²) in [4.78, 5) is 11.4. The van der Waals surface area contributed by atoms with Crippen LogP contribution in [0.1, 0.15) is 66.1 Å². The SMILES string of the molecule is NC(=O)c1ccc(C23CCC(CNc4c(-c5c(Cl)cccc5Cl)noc4C4CC4)(CC2)CO3)cc1. The van der Waals surface area contributed by atoms with Gasteiger partial charge in [-0.25, -0.2) is 0 Å². The summed E-state index contributed by atoms with van der Waals surface area (Å²) in [6.07, 6.45) is 6.17. The predicted molar refractivity (Wildman–Crippen MR) is 136 cm³/mol. The summed E-state index contributed by atoms with van der Waals surface area (Å²) in [5.74, 6) is 0.871. The summed E-state index contributed by atoms with van der Waals surface area (Å²) >= 11 is 13.0. The third-order valence-electron chi connectivity index (χ3n) is 7.97. The number of aromatic nitrogens is 1. The van der Waals surface area contributed by atoms with Crippen molar-refractivity contribution >= 4 is 34.8 Å². The first-order valence-electron chi connectivity index (χ1n) is 12.1. The molecule has 3 aromatic rings. The second kappa shape index (κ2) is 8.54. The number of nitrogens with one attached hydrogen (secondary N) is 1. The molecule has 4 aliphatic rings. The number of primary amides is 1. The molecule has 2 saturated carbocycles. The maximum absolute atomic E-state index is 11.4. The minimum atomic E-state index is -0.413. The summed E-state index contributed by atoms with van der Waals surface area (Å²) in [5.41, 5.74) is 9.07. The fourth-order valence-electron chi connectivity index (χ4n) is 5.57. The zero-order valence-electron chi connectivity index (χ0n) is 19.3. The first-order valence-corrected chi connectivity index (χ1v) is 12.9. The second-order valence-corrected chi connectivity index (χ2v) is 11.0. The van der Waals surface area contributed by atoms with Gasteiger partial charge in [-0.3, -0.25) is 4.79 Å². The molecule has 0 atom stereocenters. The number of halogens is 2. The number of carbonyl (C=O) groups excluding carboxylic acids is 1. The van der Waals surface area contributed by atoms with Gasteiger partial charge in [0.1, 0.15) is 11.4 Å². The normalized spacial score (nSPS) is 25.5. The summed E-state index contributed by atoms with van der Waals surface area (Å²) in [5, 5.41) is 9.19. The van der Waals surface area contributed by atoms with Crippen molar-refractivity contribution in [3.8, 4) is 11.3 Å². The van der Waals surface area contributed by atoms with Crippen molar-refractivity contribution < 1.29 is 14.1 Å². The molecule has 1 aromatic heterocycles. The molecule has 35 heavy (non-hydrogen) atoms. The summed E-state index contributed by atoms with van der Waals surface area (Å²) < 4.78 is 12.3. The number of nitrogens with zero attached hydrogens (tertiary/aromatic N) is 1. The van der Waals surface area contributed by atoms with E-state index in [2.05, 4.69) is 10.5 Å². The van der Waals surface area contributed by atoms with Crippen LogP contribution < -0.4 is 11.1 Å². The largest absolute Gasteiger partial charge is 0.380 e. The highest BCUT2D eigenvalue weighted by Gasteiger charge is 2.50. The zero-order valence-corrected chi connectivity index (χ0v) is 20.8. The molecular formula is C27H27Cl2N3O3. The molecule has 3 N–H and O–H groups in total. The van der Waals surface area contributed by atoms with Gasteiger partial charge in [-0.2, -0.15) is 0 Å². The van der Waals surface area contributed by atoms with E-state index in [0.29, 0.717) is 39.4 Å². The minimum Gasteiger partial charge on any atom is -0.380 e. The topological polar surface area (TPSA) is 90.4 Å². The minimum absolute atomic E-state index is 0.0363. The van der Waals surface area contributed by atoms with E-state index < -0.39 is 5.91 Å². The van der Waals surface area contributed by atoms with E-state index in [1.807, 2.05) is 30.3 Å². The molecule has 0 radical (unpaired) electrons. The molecule has 4 fully saturated rings. The zero-order chi connectivity index (χ0) is 24.2. The van der Waals surface area contributed by atoms with Crippen molar-refractivity contribution in [3.05, 3.63) is 69.4 Å². The molecule has 8 heteroatoms. The molecule has 6 nitrogen and oxygen atoms in total. The number of fused-ring (bicyclic) bond motifs is 3. The lowest BCUT2D eigenvalue weighted by atomic mass is 9.64. The standard InChI is InChI=1S/C27H27Cl2N3O3/c28-19-2-1-3-20(29)21(19)22-23(24(35-32-22)16-4-5-16)31-14-26-10-12-27(13-11-26,34-15-26)18-8-6-17(7-9-18)25(30)33/h1-3,6-9,16,31H,4-5,10-15H2,(H2,30,33). The lowest BCUT2D eigenvalue weighted by Gasteiger charge is -2.53. The van der Waals surface area contributed by atoms with Gasteiger partial charge in [0.2, 0.25) is 5.91 Å². The van der Waals surface area contributed by atoms with Crippen LogP contribution in [0, 0.1) is 5.41 Å². The van der Waals surface area contributed by atoms with Gasteiger partial charge in [-0.05, 0) is 68.4 Å². The van der Waals surface area contributed by atoms with E-state index in [1.165, 1.54) is 0 Å². The molecule has 0 spiro atoms. The van der Waals surface area contributed by atoms with Crippen molar-refractivity contribution in [2.45, 2.75) is 50.0 Å². The van der Waals surface area contributed by atoms with Gasteiger partial charge >= 0.3 is 0 Å². The summed E-state index contributed by atoms with van der Waals surface area (Å²) in [7, 11) is 0. The Morgan fingerprint density at radius 3 is 2.31 bits per heavy atom. The van der Waals surface area contributed by atoms with Crippen LogP contribution in [0.3, 0.4) is 0 Å². The number of hydrogen-bond donors (Lipinski definition) is 2. The van der Waals surface area contributed by atoms with Crippen LogP contribution in [0.2, 0.25) is 10.0 Å². The Bertz CT molecular complexity index is 1240. The molecule has 2 aromatic carbocycles. The van der Waals surface area contributed by atoms with Crippen LogP contribution in [0.4, 0.5) is 5.69 Å². The monoisotopic (exact) mass is 511 g/mol. The Morgan fingerprint density at radius 1 is 1.06 bits per heavy atom. The van der Waals surface area contributed by atoms with Crippen LogP contribution >= 0.6 is 23.2 Å². The fourth-order valence-corrected chi connectivity index (χ4v) is 6.15. The number of benzene rings is 2. The molecule has 182 valence electrons. The van der Waals surface area contributed by atoms with E-state index in [0.717, 1.165) is 62.1 Å². The molecular weight excluding hydrogens is 485 g/mol. The molecule has 0 unspecified atom stereocenters. The first kappa shape index (κ1) is 22.9. The molecule has 7 rings (SSSR count). The average Bonchev–Trinajstić information content (AvgIpc) is 3.64. The second-order valence-electron chi connectivity index (χ2n) is 10.2. The molecule has 2 aliphatic heterocycles. The highest BCUT2D eigenvalue weighted by atomic mass is 35.5. The maximum atomic E-state index is 11.4. The molecule has 3 heterocycles. The van der Waals surface area contributed by atoms with Crippen LogP contribution in [0.5, 0.6) is 0 Å². The highest BCUT2D eigenvalue weighted by Crippen LogP contribution is 2.54. The Balaban J connectivity index is 1.22. The fraction of sp³-hybridized carbons (Fsp3) is 0.407. The number of amides is 1. The van der Waals surface area contributed by atoms with E-state index >= 15 is 0 Å². The number of rotatable bonds is 7. The molecule has 2 saturated heterocycles. The lowest BCUT2D eigenvalue weighted by molar-refractivity contribution is -0.185. The van der Waals surface area contributed by atoms with E-state index in [9.17, 15) is 4.79 Å². The predicted octanol–water partition coefficient (Wildman–Crippen LogP) is 6.52. The molecule has 2 bridgehead atoms. The van der Waals surface area contributed by atoms with Gasteiger partial charge in [0.05, 0.1) is 22.3 Å². The summed E-state index contributed by atoms with van der Waals surface area (Å²) in [6.45, 7) is 1.43. The number of nitrogens with two attached hydrogens (primary N) is 1. The Hall–Kier alpha value is -2.54. The van der Waals surface area contributed by atoms with Gasteiger partial charge in [-0.1, -0.05) is 46.6 Å². The van der Waals surface area contributed by atoms with E-state index in [1.54, 1.807) is 12.1 Å². The number of hydrogen-bond acceptors (Lipinski definition) is 5. The van der Waals surface area contributed by atoms with E-state index in [-0.39, 0.29) is 11.0 Å². The van der Waals surface area contributed by atoms with Crippen molar-refractivity contribution in [3.63, 3.8) is 0 Å². The Labute approximate surface area is 214 Å². The van der Waals surface area contributed by atoms with Crippen molar-refractivity contribution in [1.82, 2.24) is 5.16 Å². The first-order chi connectivity index (χ1) is 16.9. The average molecular weight is 512 g/mol. The Morgan fingerprint density at radius 2 is 1.74 bits per heavy atom. The highest BCUT2D eigenvalue weighted by molar-refractivity contribution is 6.39. The van der Waals surface area contributed by atoms with Crippen LogP contribution in [0.15, 0.2) is 47.0 Å². The maximum Gasteiger partial charge on any atom is 0.248 e. The number of ether oxygens (including phenoxy) is 1. The smallest absolute Gasteiger partial charge is 0.248 e. The van der Waals surface area contributed by atoms with Crippen molar-refractivity contribution in [2.75, 3.05) is 18.5 Å². The third-order valence-corrected chi connectivity index (χ3v) is 8.60. The lowest BCUT2D eigenvalue weighted by Crippen LogP contribution is -2.52. The van der Waals surface area contributed by atoms with Crippen LogP contribution in [-0.4, -0.2) is 24.2 Å². The number of anilines is 1. The summed E-state index contributed by atoms with van der Waals surface area (Å²) in [6, 6.07) is 13.0. The van der Waals surface area contributed by atoms with Crippen LogP contribution in [-0.2, 0) is 10.3 Å². The molecule has 2 aliphatic carbocycles. The van der Waals surface area contributed by atoms with Gasteiger partial charge in [0.15, 0.2) is 5.76 Å². The van der Waals surface area contributed by atoms with Gasteiger partial charge in [0.25, 0.3) is 0 Å². The number of carbonyl (C=O) groups is 1. The molecule has 1 amide bonds. The Kier molecular flexibility index (Phi) is 5.59. The van der Waals surface area contributed by atoms with Crippen molar-refractivity contribution in [1.29, 1.82) is 0 Å². The third kappa shape index (κ3) is 4.02. The van der Waals surface area contributed by atoms with Gasteiger partial charge < -0.3 is 20.3 Å². The van der Waals surface area contributed by atoms with Gasteiger partial charge in [0, 0.05) is 29.0 Å². The van der Waals surface area contributed by atoms with Gasteiger partial charge in [-0.15, -0.1) is 0 Å². The van der Waals surface area contributed by atoms with Crippen molar-refractivity contribution in [2.24, 2.45) is 11.1 Å². The van der Waals surface area contributed by atoms with Crippen LogP contribution in [0.25, 0.3) is 11.3 Å². The van der Waals surface area contributed by atoms with E-state index in [4.69, 9.17) is 38.2 Å².